The number of furan rings is 1. The summed E-state index contributed by atoms with van der Waals surface area (Å²) in [6.07, 6.45) is 4.85. The Morgan fingerprint density at radius 3 is 2.55 bits per heavy atom. The molecule has 1 aromatic carbocycles. The van der Waals surface area contributed by atoms with Crippen molar-refractivity contribution in [3.63, 3.8) is 0 Å². The molecule has 0 aliphatic carbocycles. The summed E-state index contributed by atoms with van der Waals surface area (Å²) in [7, 11) is 0. The van der Waals surface area contributed by atoms with Gasteiger partial charge in [-0.15, -0.1) is 0 Å². The molecule has 1 unspecified atom stereocenters. The first-order chi connectivity index (χ1) is 15.1. The smallest absolute Gasteiger partial charge is 0.244 e. The first-order valence-electron chi connectivity index (χ1n) is 10.8. The van der Waals surface area contributed by atoms with E-state index < -0.39 is 0 Å². The third-order valence-electron chi connectivity index (χ3n) is 5.75. The highest BCUT2D eigenvalue weighted by atomic mass is 16.5. The van der Waals surface area contributed by atoms with Crippen LogP contribution in [0, 0.1) is 6.92 Å². The first-order valence-corrected chi connectivity index (χ1v) is 10.8. The summed E-state index contributed by atoms with van der Waals surface area (Å²) in [6, 6.07) is 11.6. The molecule has 2 fully saturated rings. The number of hydrogen-bond acceptors (Lipinski definition) is 5. The minimum atomic E-state index is -0.152. The molecule has 31 heavy (non-hydrogen) atoms. The van der Waals surface area contributed by atoms with Gasteiger partial charge in [-0.3, -0.25) is 14.5 Å². The van der Waals surface area contributed by atoms with E-state index in [1.807, 2.05) is 48.2 Å². The largest absolute Gasteiger partial charge is 0.465 e. The molecule has 2 aliphatic rings. The fourth-order valence-corrected chi connectivity index (χ4v) is 4.05. The standard InChI is InChI=1S/C24H29N3O4/c1-18-4-10-22(31-18)21(26-13-15-30-16-14-26)17-25-23(28)11-7-19-5-8-20(9-6-19)27-12-2-3-24(27)29/h4-11,21H,2-3,12-17H2,1H3,(H,25,28)/b11-7+. The van der Waals surface area contributed by atoms with E-state index >= 15 is 0 Å². The topological polar surface area (TPSA) is 75.0 Å². The van der Waals surface area contributed by atoms with Gasteiger partial charge < -0.3 is 19.4 Å². The monoisotopic (exact) mass is 423 g/mol. The lowest BCUT2D eigenvalue weighted by molar-refractivity contribution is -0.117. The average Bonchev–Trinajstić information content (AvgIpc) is 3.42. The van der Waals surface area contributed by atoms with E-state index in [-0.39, 0.29) is 17.9 Å². The van der Waals surface area contributed by atoms with Crippen LogP contribution in [-0.4, -0.2) is 56.1 Å². The lowest BCUT2D eigenvalue weighted by atomic mass is 10.1. The van der Waals surface area contributed by atoms with Crippen molar-refractivity contribution in [2.45, 2.75) is 25.8 Å². The summed E-state index contributed by atoms with van der Waals surface area (Å²) in [5, 5.41) is 3.00. The number of amides is 2. The van der Waals surface area contributed by atoms with Crippen molar-refractivity contribution >= 4 is 23.6 Å². The molecule has 2 amide bonds. The molecule has 1 N–H and O–H groups in total. The predicted octanol–water partition coefficient (Wildman–Crippen LogP) is 2.92. The Kier molecular flexibility index (Phi) is 6.84. The molecule has 2 aromatic rings. The third kappa shape index (κ3) is 5.42. The van der Waals surface area contributed by atoms with Crippen LogP contribution in [0.15, 0.2) is 46.9 Å². The van der Waals surface area contributed by atoms with Crippen molar-refractivity contribution in [2.75, 3.05) is 44.3 Å². The number of carbonyl (C=O) groups excluding carboxylic acids is 2. The number of carbonyl (C=O) groups is 2. The second-order valence-corrected chi connectivity index (χ2v) is 7.93. The van der Waals surface area contributed by atoms with E-state index in [0.29, 0.717) is 26.2 Å². The lowest BCUT2D eigenvalue weighted by Crippen LogP contribution is -2.43. The normalized spacial score (nSPS) is 18.6. The SMILES string of the molecule is Cc1ccc(C(CNC(=O)/C=C/c2ccc(N3CCCC3=O)cc2)N2CCOCC2)o1. The number of ether oxygens (including phenoxy) is 1. The Balaban J connectivity index is 1.34. The van der Waals surface area contributed by atoms with Gasteiger partial charge in [-0.05, 0) is 49.2 Å². The zero-order chi connectivity index (χ0) is 21.6. The maximum absolute atomic E-state index is 12.4. The first kappa shape index (κ1) is 21.3. The van der Waals surface area contributed by atoms with Crippen LogP contribution in [0.25, 0.3) is 6.08 Å². The average molecular weight is 424 g/mol. The van der Waals surface area contributed by atoms with E-state index in [1.54, 1.807) is 12.2 Å². The van der Waals surface area contributed by atoms with E-state index in [4.69, 9.17) is 9.15 Å². The van der Waals surface area contributed by atoms with Crippen LogP contribution in [-0.2, 0) is 14.3 Å². The molecule has 2 aliphatic heterocycles. The van der Waals surface area contributed by atoms with Gasteiger partial charge in [0.05, 0.1) is 19.3 Å². The van der Waals surface area contributed by atoms with Crippen LogP contribution in [0.5, 0.6) is 0 Å². The van der Waals surface area contributed by atoms with Gasteiger partial charge in [0, 0.05) is 44.4 Å². The minimum absolute atomic E-state index is 0.0211. The highest BCUT2D eigenvalue weighted by molar-refractivity contribution is 5.95. The summed E-state index contributed by atoms with van der Waals surface area (Å²) in [5.74, 6) is 1.74. The molecule has 4 rings (SSSR count). The van der Waals surface area contributed by atoms with Gasteiger partial charge in [0.25, 0.3) is 0 Å². The van der Waals surface area contributed by atoms with Gasteiger partial charge in [0.1, 0.15) is 11.5 Å². The highest BCUT2D eigenvalue weighted by Gasteiger charge is 2.25. The van der Waals surface area contributed by atoms with E-state index in [0.717, 1.165) is 48.8 Å². The molecular weight excluding hydrogens is 394 g/mol. The second kappa shape index (κ2) is 9.94. The molecule has 0 saturated carbocycles. The number of hydrogen-bond donors (Lipinski definition) is 1. The van der Waals surface area contributed by atoms with Gasteiger partial charge in [-0.25, -0.2) is 0 Å². The molecular formula is C24H29N3O4. The predicted molar refractivity (Wildman–Crippen MR) is 119 cm³/mol. The summed E-state index contributed by atoms with van der Waals surface area (Å²) >= 11 is 0. The van der Waals surface area contributed by atoms with E-state index in [2.05, 4.69) is 10.2 Å². The minimum Gasteiger partial charge on any atom is -0.465 e. The Bertz CT molecular complexity index is 929. The Morgan fingerprint density at radius 1 is 1.13 bits per heavy atom. The molecule has 0 radical (unpaired) electrons. The van der Waals surface area contributed by atoms with Crippen molar-refractivity contribution in [3.05, 3.63) is 59.6 Å². The number of anilines is 1. The molecule has 1 atom stereocenters. The van der Waals surface area contributed by atoms with Gasteiger partial charge in [0.15, 0.2) is 0 Å². The molecule has 3 heterocycles. The quantitative estimate of drug-likeness (QED) is 0.693. The van der Waals surface area contributed by atoms with E-state index in [1.165, 1.54) is 0 Å². The molecule has 0 bridgehead atoms. The molecule has 2 saturated heterocycles. The molecule has 164 valence electrons. The third-order valence-corrected chi connectivity index (χ3v) is 5.75. The van der Waals surface area contributed by atoms with Crippen molar-refractivity contribution in [1.29, 1.82) is 0 Å². The summed E-state index contributed by atoms with van der Waals surface area (Å²) in [4.78, 5) is 28.4. The van der Waals surface area contributed by atoms with Gasteiger partial charge in [0.2, 0.25) is 11.8 Å². The molecule has 1 aromatic heterocycles. The van der Waals surface area contributed by atoms with Crippen molar-refractivity contribution in [3.8, 4) is 0 Å². The van der Waals surface area contributed by atoms with Crippen molar-refractivity contribution in [1.82, 2.24) is 10.2 Å². The maximum Gasteiger partial charge on any atom is 0.244 e. The number of morpholine rings is 1. The zero-order valence-corrected chi connectivity index (χ0v) is 17.9. The van der Waals surface area contributed by atoms with Crippen LogP contribution in [0.2, 0.25) is 0 Å². The summed E-state index contributed by atoms with van der Waals surface area (Å²) < 4.78 is 11.3. The number of nitrogens with one attached hydrogen (secondary N) is 1. The number of aryl methyl sites for hydroxylation is 1. The van der Waals surface area contributed by atoms with Crippen LogP contribution in [0.4, 0.5) is 5.69 Å². The summed E-state index contributed by atoms with van der Waals surface area (Å²) in [6.45, 7) is 6.14. The zero-order valence-electron chi connectivity index (χ0n) is 17.9. The van der Waals surface area contributed by atoms with Crippen LogP contribution >= 0.6 is 0 Å². The van der Waals surface area contributed by atoms with Gasteiger partial charge >= 0.3 is 0 Å². The summed E-state index contributed by atoms with van der Waals surface area (Å²) in [5.41, 5.74) is 1.82. The molecule has 7 nitrogen and oxygen atoms in total. The fourth-order valence-electron chi connectivity index (χ4n) is 4.05. The van der Waals surface area contributed by atoms with Crippen molar-refractivity contribution in [2.24, 2.45) is 0 Å². The Hall–Kier alpha value is -2.90. The van der Waals surface area contributed by atoms with E-state index in [9.17, 15) is 9.59 Å². The van der Waals surface area contributed by atoms with Gasteiger partial charge in [-0.2, -0.15) is 0 Å². The highest BCUT2D eigenvalue weighted by Crippen LogP contribution is 2.24. The number of benzene rings is 1. The number of rotatable bonds is 7. The Morgan fingerprint density at radius 2 is 1.90 bits per heavy atom. The van der Waals surface area contributed by atoms with Crippen LogP contribution < -0.4 is 10.2 Å². The molecule has 0 spiro atoms. The maximum atomic E-state index is 12.4. The Labute approximate surface area is 182 Å². The second-order valence-electron chi connectivity index (χ2n) is 7.93. The number of nitrogens with zero attached hydrogens (tertiary/aromatic N) is 2. The van der Waals surface area contributed by atoms with Crippen LogP contribution in [0.3, 0.4) is 0 Å². The van der Waals surface area contributed by atoms with Gasteiger partial charge in [-0.1, -0.05) is 12.1 Å². The lowest BCUT2D eigenvalue weighted by Gasteiger charge is -2.33. The van der Waals surface area contributed by atoms with Crippen LogP contribution in [0.1, 0.15) is 36.0 Å². The van der Waals surface area contributed by atoms with Crippen molar-refractivity contribution < 1.29 is 18.7 Å². The fraction of sp³-hybridized carbons (Fsp3) is 0.417. The molecule has 7 heteroatoms.